The summed E-state index contributed by atoms with van der Waals surface area (Å²) in [5.41, 5.74) is 4.84. The fourth-order valence-electron chi connectivity index (χ4n) is 3.14. The second-order valence-electron chi connectivity index (χ2n) is 5.97. The number of benzene rings is 3. The molecule has 2 aromatic heterocycles. The molecule has 0 saturated carbocycles. The summed E-state index contributed by atoms with van der Waals surface area (Å²) in [7, 11) is 0. The van der Waals surface area contributed by atoms with Crippen LogP contribution in [0.25, 0.3) is 44.5 Å². The monoisotopic (exact) mass is 357 g/mol. The third-order valence-corrected chi connectivity index (χ3v) is 4.56. The molecule has 0 aliphatic carbocycles. The van der Waals surface area contributed by atoms with E-state index >= 15 is 0 Å². The van der Waals surface area contributed by atoms with Gasteiger partial charge in [0.1, 0.15) is 17.5 Å². The van der Waals surface area contributed by atoms with Gasteiger partial charge in [0.2, 0.25) is 5.28 Å². The van der Waals surface area contributed by atoms with Gasteiger partial charge in [-0.2, -0.15) is 4.98 Å². The molecule has 0 amide bonds. The number of furan rings is 1. The van der Waals surface area contributed by atoms with Gasteiger partial charge < -0.3 is 4.42 Å². The zero-order chi connectivity index (χ0) is 17.5. The van der Waals surface area contributed by atoms with E-state index in [0.717, 1.165) is 38.6 Å². The van der Waals surface area contributed by atoms with Gasteiger partial charge >= 0.3 is 0 Å². The number of rotatable bonds is 2. The Morgan fingerprint density at radius 1 is 0.692 bits per heavy atom. The van der Waals surface area contributed by atoms with Crippen LogP contribution in [0.1, 0.15) is 0 Å². The van der Waals surface area contributed by atoms with Gasteiger partial charge in [-0.05, 0) is 53.1 Å². The SMILES string of the molecule is Clc1ncnc(-c2ccc3oc4cc(-c5ccccc5)ccc4c3c2)n1. The van der Waals surface area contributed by atoms with Gasteiger partial charge in [0.05, 0.1) is 0 Å². The zero-order valence-corrected chi connectivity index (χ0v) is 14.3. The molecular weight excluding hydrogens is 346 g/mol. The first-order valence-corrected chi connectivity index (χ1v) is 8.52. The van der Waals surface area contributed by atoms with E-state index in [1.54, 1.807) is 0 Å². The standard InChI is InChI=1S/C21H12ClN3O/c22-21-24-12-23-20(25-21)15-7-9-18-17(10-15)16-8-6-14(11-19(16)26-18)13-4-2-1-3-5-13/h1-12H. The van der Waals surface area contributed by atoms with Crippen LogP contribution in [0.2, 0.25) is 5.28 Å². The minimum Gasteiger partial charge on any atom is -0.456 e. The molecule has 3 aromatic carbocycles. The molecule has 124 valence electrons. The van der Waals surface area contributed by atoms with Crippen LogP contribution in [0, 0.1) is 0 Å². The van der Waals surface area contributed by atoms with Crippen molar-refractivity contribution in [3.8, 4) is 22.5 Å². The van der Waals surface area contributed by atoms with Crippen molar-refractivity contribution in [1.82, 2.24) is 15.0 Å². The van der Waals surface area contributed by atoms with Crippen LogP contribution in [-0.2, 0) is 0 Å². The van der Waals surface area contributed by atoms with Gasteiger partial charge in [0, 0.05) is 16.3 Å². The Hall–Kier alpha value is -3.24. The fraction of sp³-hybridized carbons (Fsp3) is 0. The van der Waals surface area contributed by atoms with Crippen molar-refractivity contribution in [2.75, 3.05) is 0 Å². The highest BCUT2D eigenvalue weighted by molar-refractivity contribution is 6.28. The fourth-order valence-corrected chi connectivity index (χ4v) is 3.27. The van der Waals surface area contributed by atoms with E-state index in [2.05, 4.69) is 45.3 Å². The van der Waals surface area contributed by atoms with Crippen molar-refractivity contribution in [1.29, 1.82) is 0 Å². The Morgan fingerprint density at radius 3 is 2.38 bits per heavy atom. The molecule has 0 unspecified atom stereocenters. The molecule has 26 heavy (non-hydrogen) atoms. The molecule has 5 rings (SSSR count). The maximum Gasteiger partial charge on any atom is 0.225 e. The molecular formula is C21H12ClN3O. The van der Waals surface area contributed by atoms with E-state index in [0.29, 0.717) is 5.82 Å². The van der Waals surface area contributed by atoms with E-state index in [1.165, 1.54) is 6.33 Å². The van der Waals surface area contributed by atoms with Crippen LogP contribution < -0.4 is 0 Å². The van der Waals surface area contributed by atoms with E-state index in [1.807, 2.05) is 36.4 Å². The predicted molar refractivity (Wildman–Crippen MR) is 103 cm³/mol. The summed E-state index contributed by atoms with van der Waals surface area (Å²) in [6.45, 7) is 0. The van der Waals surface area contributed by atoms with Crippen LogP contribution in [0.5, 0.6) is 0 Å². The number of hydrogen-bond acceptors (Lipinski definition) is 4. The molecule has 0 fully saturated rings. The van der Waals surface area contributed by atoms with Gasteiger partial charge in [0.15, 0.2) is 5.82 Å². The third kappa shape index (κ3) is 2.52. The molecule has 5 heteroatoms. The van der Waals surface area contributed by atoms with Crippen molar-refractivity contribution in [2.24, 2.45) is 0 Å². The van der Waals surface area contributed by atoms with Crippen LogP contribution in [0.3, 0.4) is 0 Å². The molecule has 0 N–H and O–H groups in total. The molecule has 0 saturated heterocycles. The molecule has 0 bridgehead atoms. The van der Waals surface area contributed by atoms with E-state index in [9.17, 15) is 0 Å². The number of aromatic nitrogens is 3. The lowest BCUT2D eigenvalue weighted by Gasteiger charge is -2.01. The van der Waals surface area contributed by atoms with Crippen LogP contribution in [0.4, 0.5) is 0 Å². The minimum absolute atomic E-state index is 0.180. The summed E-state index contributed by atoms with van der Waals surface area (Å²) in [4.78, 5) is 12.2. The van der Waals surface area contributed by atoms with Gasteiger partial charge in [-0.25, -0.2) is 9.97 Å². The van der Waals surface area contributed by atoms with E-state index < -0.39 is 0 Å². The summed E-state index contributed by atoms with van der Waals surface area (Å²) in [5, 5.41) is 2.26. The smallest absolute Gasteiger partial charge is 0.225 e. The number of nitrogens with zero attached hydrogens (tertiary/aromatic N) is 3. The van der Waals surface area contributed by atoms with Crippen molar-refractivity contribution in [3.05, 3.63) is 78.3 Å². The molecule has 0 atom stereocenters. The molecule has 0 radical (unpaired) electrons. The van der Waals surface area contributed by atoms with Gasteiger partial charge in [-0.1, -0.05) is 36.4 Å². The average Bonchev–Trinajstić information content (AvgIpc) is 3.05. The molecule has 4 nitrogen and oxygen atoms in total. The lowest BCUT2D eigenvalue weighted by atomic mass is 10.0. The van der Waals surface area contributed by atoms with Crippen LogP contribution in [-0.4, -0.2) is 15.0 Å². The number of halogens is 1. The van der Waals surface area contributed by atoms with E-state index in [-0.39, 0.29) is 5.28 Å². The molecule has 0 aliphatic rings. The maximum atomic E-state index is 6.05. The van der Waals surface area contributed by atoms with Gasteiger partial charge in [0.25, 0.3) is 0 Å². The number of fused-ring (bicyclic) bond motifs is 3. The molecule has 0 spiro atoms. The van der Waals surface area contributed by atoms with Crippen LogP contribution in [0.15, 0.2) is 77.5 Å². The topological polar surface area (TPSA) is 51.8 Å². The summed E-state index contributed by atoms with van der Waals surface area (Å²) >= 11 is 5.88. The first-order chi connectivity index (χ1) is 12.8. The second-order valence-corrected chi connectivity index (χ2v) is 6.31. The number of hydrogen-bond donors (Lipinski definition) is 0. The quantitative estimate of drug-likeness (QED) is 0.403. The zero-order valence-electron chi connectivity index (χ0n) is 13.6. The Labute approximate surface area is 154 Å². The molecule has 0 aliphatic heterocycles. The van der Waals surface area contributed by atoms with Crippen molar-refractivity contribution in [2.45, 2.75) is 0 Å². The molecule has 5 aromatic rings. The second kappa shape index (κ2) is 5.93. The van der Waals surface area contributed by atoms with Crippen LogP contribution >= 0.6 is 11.6 Å². The summed E-state index contributed by atoms with van der Waals surface area (Å²) in [6.07, 6.45) is 1.41. The normalized spacial score (nSPS) is 11.3. The predicted octanol–water partition coefficient (Wildman–Crippen LogP) is 5.76. The Balaban J connectivity index is 1.68. The van der Waals surface area contributed by atoms with Crippen molar-refractivity contribution in [3.63, 3.8) is 0 Å². The van der Waals surface area contributed by atoms with Gasteiger partial charge in [-0.3, -0.25) is 0 Å². The third-order valence-electron chi connectivity index (χ3n) is 4.38. The van der Waals surface area contributed by atoms with Crippen molar-refractivity contribution < 1.29 is 4.42 Å². The highest BCUT2D eigenvalue weighted by Crippen LogP contribution is 2.34. The van der Waals surface area contributed by atoms with Gasteiger partial charge in [-0.15, -0.1) is 0 Å². The minimum atomic E-state index is 0.180. The Bertz CT molecular complexity index is 1250. The summed E-state index contributed by atoms with van der Waals surface area (Å²) < 4.78 is 6.05. The first kappa shape index (κ1) is 15.0. The van der Waals surface area contributed by atoms with Crippen molar-refractivity contribution >= 4 is 33.5 Å². The Kier molecular flexibility index (Phi) is 3.43. The summed E-state index contributed by atoms with van der Waals surface area (Å²) in [6, 6.07) is 22.4. The Morgan fingerprint density at radius 2 is 1.54 bits per heavy atom. The lowest BCUT2D eigenvalue weighted by molar-refractivity contribution is 0.669. The highest BCUT2D eigenvalue weighted by Gasteiger charge is 2.11. The average molecular weight is 358 g/mol. The molecule has 2 heterocycles. The lowest BCUT2D eigenvalue weighted by Crippen LogP contribution is -1.90. The van der Waals surface area contributed by atoms with E-state index in [4.69, 9.17) is 16.0 Å². The maximum absolute atomic E-state index is 6.05. The first-order valence-electron chi connectivity index (χ1n) is 8.14. The highest BCUT2D eigenvalue weighted by atomic mass is 35.5. The summed E-state index contributed by atoms with van der Waals surface area (Å²) in [5.74, 6) is 0.544. The largest absolute Gasteiger partial charge is 0.456 e.